The quantitative estimate of drug-likeness (QED) is 0.841. The highest BCUT2D eigenvalue weighted by molar-refractivity contribution is 5.67. The van der Waals surface area contributed by atoms with E-state index in [0.29, 0.717) is 0 Å². The Morgan fingerprint density at radius 3 is 2.58 bits per heavy atom. The number of benzene rings is 1. The van der Waals surface area contributed by atoms with Gasteiger partial charge >= 0.3 is 12.3 Å². The van der Waals surface area contributed by atoms with E-state index in [1.165, 1.54) is 4.90 Å². The standard InChI is InChI=1S/C13H16F3NO2/c1-3-17(12(18)19-9-13(14,15)16)8-11-6-4-5-10(2)7-11/h4-7H,3,8-9H2,1-2H3. The molecule has 0 N–H and O–H groups in total. The van der Waals surface area contributed by atoms with E-state index in [0.717, 1.165) is 11.1 Å². The number of nitrogens with zero attached hydrogens (tertiary/aromatic N) is 1. The first-order valence-electron chi connectivity index (χ1n) is 5.86. The van der Waals surface area contributed by atoms with Gasteiger partial charge in [0.25, 0.3) is 0 Å². The summed E-state index contributed by atoms with van der Waals surface area (Å²) in [6.07, 6.45) is -5.46. The molecule has 0 saturated heterocycles. The van der Waals surface area contributed by atoms with Gasteiger partial charge in [0.2, 0.25) is 0 Å². The second-order valence-electron chi connectivity index (χ2n) is 4.17. The van der Waals surface area contributed by atoms with Crippen molar-refractivity contribution in [2.45, 2.75) is 26.6 Å². The number of aryl methyl sites for hydroxylation is 1. The third kappa shape index (κ3) is 5.63. The van der Waals surface area contributed by atoms with E-state index in [9.17, 15) is 18.0 Å². The van der Waals surface area contributed by atoms with Gasteiger partial charge in [-0.25, -0.2) is 4.79 Å². The monoisotopic (exact) mass is 275 g/mol. The maximum absolute atomic E-state index is 12.0. The molecular weight excluding hydrogens is 259 g/mol. The zero-order chi connectivity index (χ0) is 14.5. The first-order chi connectivity index (χ1) is 8.81. The van der Waals surface area contributed by atoms with E-state index < -0.39 is 18.9 Å². The number of carbonyl (C=O) groups is 1. The van der Waals surface area contributed by atoms with Gasteiger partial charge in [-0.2, -0.15) is 13.2 Å². The summed E-state index contributed by atoms with van der Waals surface area (Å²) in [4.78, 5) is 12.7. The van der Waals surface area contributed by atoms with Crippen molar-refractivity contribution < 1.29 is 22.7 Å². The Bertz CT molecular complexity index is 432. The summed E-state index contributed by atoms with van der Waals surface area (Å²) in [5, 5.41) is 0. The summed E-state index contributed by atoms with van der Waals surface area (Å²) in [7, 11) is 0. The van der Waals surface area contributed by atoms with Crippen molar-refractivity contribution in [3.8, 4) is 0 Å². The molecule has 0 fully saturated rings. The smallest absolute Gasteiger partial charge is 0.422 e. The van der Waals surface area contributed by atoms with Gasteiger partial charge in [0, 0.05) is 13.1 Å². The molecule has 1 rings (SSSR count). The van der Waals surface area contributed by atoms with E-state index in [-0.39, 0.29) is 13.1 Å². The molecule has 0 aliphatic carbocycles. The third-order valence-corrected chi connectivity index (χ3v) is 2.46. The van der Waals surface area contributed by atoms with Crippen LogP contribution >= 0.6 is 0 Å². The predicted molar refractivity (Wildman–Crippen MR) is 64.7 cm³/mol. The molecule has 0 radical (unpaired) electrons. The van der Waals surface area contributed by atoms with E-state index in [1.807, 2.05) is 31.2 Å². The van der Waals surface area contributed by atoms with Gasteiger partial charge in [-0.3, -0.25) is 0 Å². The van der Waals surface area contributed by atoms with Crippen molar-refractivity contribution in [3.05, 3.63) is 35.4 Å². The van der Waals surface area contributed by atoms with Crippen LogP contribution in [-0.4, -0.2) is 30.3 Å². The molecule has 0 aromatic heterocycles. The average Bonchev–Trinajstić information content (AvgIpc) is 2.32. The van der Waals surface area contributed by atoms with E-state index in [1.54, 1.807) is 6.92 Å². The van der Waals surface area contributed by atoms with Crippen LogP contribution in [0.3, 0.4) is 0 Å². The van der Waals surface area contributed by atoms with Crippen LogP contribution in [0.15, 0.2) is 24.3 Å². The van der Waals surface area contributed by atoms with Crippen LogP contribution in [0.25, 0.3) is 0 Å². The highest BCUT2D eigenvalue weighted by atomic mass is 19.4. The van der Waals surface area contributed by atoms with Gasteiger partial charge in [-0.05, 0) is 19.4 Å². The summed E-state index contributed by atoms with van der Waals surface area (Å²) < 4.78 is 40.1. The molecule has 6 heteroatoms. The number of hydrogen-bond acceptors (Lipinski definition) is 2. The van der Waals surface area contributed by atoms with Crippen LogP contribution in [0.2, 0.25) is 0 Å². The summed E-state index contributed by atoms with van der Waals surface area (Å²) in [5.41, 5.74) is 1.88. The molecule has 1 amide bonds. The molecule has 0 unspecified atom stereocenters. The minimum atomic E-state index is -4.50. The van der Waals surface area contributed by atoms with E-state index in [4.69, 9.17) is 0 Å². The van der Waals surface area contributed by atoms with Crippen molar-refractivity contribution in [2.24, 2.45) is 0 Å². The van der Waals surface area contributed by atoms with Crippen molar-refractivity contribution in [1.82, 2.24) is 4.90 Å². The summed E-state index contributed by atoms with van der Waals surface area (Å²) in [5.74, 6) is 0. The summed E-state index contributed by atoms with van der Waals surface area (Å²) in [6, 6.07) is 7.42. The van der Waals surface area contributed by atoms with Gasteiger partial charge in [-0.15, -0.1) is 0 Å². The predicted octanol–water partition coefficient (Wildman–Crippen LogP) is 3.52. The van der Waals surface area contributed by atoms with Gasteiger partial charge < -0.3 is 9.64 Å². The number of carbonyl (C=O) groups excluding carboxylic acids is 1. The lowest BCUT2D eigenvalue weighted by Crippen LogP contribution is -2.33. The molecule has 0 heterocycles. The third-order valence-electron chi connectivity index (χ3n) is 2.46. The molecule has 1 aromatic rings. The molecule has 106 valence electrons. The molecule has 0 aliphatic heterocycles. The minimum Gasteiger partial charge on any atom is -0.440 e. The lowest BCUT2D eigenvalue weighted by molar-refractivity contribution is -0.162. The molecular formula is C13H16F3NO2. The fourth-order valence-electron chi connectivity index (χ4n) is 1.57. The summed E-state index contributed by atoms with van der Waals surface area (Å²) >= 11 is 0. The SMILES string of the molecule is CCN(Cc1cccc(C)c1)C(=O)OCC(F)(F)F. The van der Waals surface area contributed by atoms with Crippen LogP contribution in [0.1, 0.15) is 18.1 Å². The lowest BCUT2D eigenvalue weighted by atomic mass is 10.1. The normalized spacial score (nSPS) is 11.2. The Hall–Kier alpha value is -1.72. The number of amides is 1. The van der Waals surface area contributed by atoms with Crippen LogP contribution in [0.4, 0.5) is 18.0 Å². The molecule has 0 bridgehead atoms. The first kappa shape index (κ1) is 15.3. The van der Waals surface area contributed by atoms with Gasteiger partial charge in [0.1, 0.15) is 0 Å². The number of rotatable bonds is 4. The van der Waals surface area contributed by atoms with Crippen LogP contribution in [-0.2, 0) is 11.3 Å². The zero-order valence-corrected chi connectivity index (χ0v) is 10.8. The highest BCUT2D eigenvalue weighted by Crippen LogP contribution is 2.16. The molecule has 0 spiro atoms. The largest absolute Gasteiger partial charge is 0.440 e. The second kappa shape index (κ2) is 6.45. The van der Waals surface area contributed by atoms with Crippen molar-refractivity contribution in [1.29, 1.82) is 0 Å². The minimum absolute atomic E-state index is 0.231. The maximum atomic E-state index is 12.0. The Morgan fingerprint density at radius 1 is 1.37 bits per heavy atom. The van der Waals surface area contributed by atoms with Crippen molar-refractivity contribution in [3.63, 3.8) is 0 Å². The number of ether oxygens (including phenoxy) is 1. The fraction of sp³-hybridized carbons (Fsp3) is 0.462. The topological polar surface area (TPSA) is 29.5 Å². The molecule has 0 saturated carbocycles. The highest BCUT2D eigenvalue weighted by Gasteiger charge is 2.30. The van der Waals surface area contributed by atoms with E-state index in [2.05, 4.69) is 4.74 Å². The molecule has 0 atom stereocenters. The fourth-order valence-corrected chi connectivity index (χ4v) is 1.57. The van der Waals surface area contributed by atoms with Crippen LogP contribution < -0.4 is 0 Å². The molecule has 19 heavy (non-hydrogen) atoms. The number of halogens is 3. The van der Waals surface area contributed by atoms with Gasteiger partial charge in [-0.1, -0.05) is 29.8 Å². The average molecular weight is 275 g/mol. The maximum Gasteiger partial charge on any atom is 0.422 e. The number of hydrogen-bond donors (Lipinski definition) is 0. The van der Waals surface area contributed by atoms with Gasteiger partial charge in [0.15, 0.2) is 6.61 Å². The van der Waals surface area contributed by atoms with Crippen molar-refractivity contribution >= 4 is 6.09 Å². The molecule has 1 aromatic carbocycles. The van der Waals surface area contributed by atoms with Gasteiger partial charge in [0.05, 0.1) is 0 Å². The summed E-state index contributed by atoms with van der Waals surface area (Å²) in [6.45, 7) is 2.54. The van der Waals surface area contributed by atoms with Crippen molar-refractivity contribution in [2.75, 3.05) is 13.2 Å². The Morgan fingerprint density at radius 2 is 2.05 bits per heavy atom. The molecule has 0 aliphatic rings. The Kier molecular flexibility index (Phi) is 5.20. The van der Waals surface area contributed by atoms with E-state index >= 15 is 0 Å². The zero-order valence-electron chi connectivity index (χ0n) is 10.8. The first-order valence-corrected chi connectivity index (χ1v) is 5.86. The second-order valence-corrected chi connectivity index (χ2v) is 4.17. The lowest BCUT2D eigenvalue weighted by Gasteiger charge is -2.21. The van der Waals surface area contributed by atoms with Crippen LogP contribution in [0, 0.1) is 6.92 Å². The molecule has 3 nitrogen and oxygen atoms in total. The Labute approximate surface area is 110 Å². The van der Waals surface area contributed by atoms with Crippen LogP contribution in [0.5, 0.6) is 0 Å². The number of alkyl halides is 3. The Balaban J connectivity index is 2.60.